The Balaban J connectivity index is 1.76. The van der Waals surface area contributed by atoms with Crippen molar-refractivity contribution in [3.8, 4) is 0 Å². The Hall–Kier alpha value is -1.46. The van der Waals surface area contributed by atoms with Gasteiger partial charge in [0.15, 0.2) is 0 Å². The second kappa shape index (κ2) is 5.27. The second-order valence-corrected chi connectivity index (χ2v) is 5.84. The molecule has 4 nitrogen and oxygen atoms in total. The summed E-state index contributed by atoms with van der Waals surface area (Å²) in [6.45, 7) is 1.77. The van der Waals surface area contributed by atoms with E-state index in [0.29, 0.717) is 5.92 Å². The molecule has 0 aliphatic carbocycles. The summed E-state index contributed by atoms with van der Waals surface area (Å²) in [6, 6.07) is 5.68. The molecular weight excluding hydrogens is 260 g/mol. The fourth-order valence-electron chi connectivity index (χ4n) is 2.61. The van der Waals surface area contributed by atoms with Crippen LogP contribution in [0.25, 0.3) is 10.2 Å². The number of rotatable bonds is 3. The van der Waals surface area contributed by atoms with Crippen molar-refractivity contribution >= 4 is 27.5 Å². The number of aliphatic hydroxyl groups excluding tert-OH is 1. The largest absolute Gasteiger partial charge is 0.396 e. The van der Waals surface area contributed by atoms with E-state index in [-0.39, 0.29) is 12.5 Å². The number of carbonyl (C=O) groups excluding carboxylic acids is 1. The lowest BCUT2D eigenvalue weighted by molar-refractivity contribution is 0.0785. The van der Waals surface area contributed by atoms with E-state index >= 15 is 0 Å². The fraction of sp³-hybridized carbons (Fsp3) is 0.429. The number of hydrogen-bond acceptors (Lipinski definition) is 4. The molecule has 0 spiro atoms. The van der Waals surface area contributed by atoms with Crippen LogP contribution in [-0.2, 0) is 0 Å². The Kier molecular flexibility index (Phi) is 3.48. The summed E-state index contributed by atoms with van der Waals surface area (Å²) in [5.74, 6) is 0.539. The first kappa shape index (κ1) is 12.6. The predicted molar refractivity (Wildman–Crippen MR) is 75.3 cm³/mol. The van der Waals surface area contributed by atoms with Crippen LogP contribution < -0.4 is 0 Å². The van der Waals surface area contributed by atoms with Gasteiger partial charge in [0.2, 0.25) is 0 Å². The number of thiazole rings is 1. The van der Waals surface area contributed by atoms with Crippen LogP contribution in [-0.4, -0.2) is 40.6 Å². The SMILES string of the molecule is O=C(c1ccc2ncsc2c1)N1CCC(CCO)C1. The quantitative estimate of drug-likeness (QED) is 0.934. The van der Waals surface area contributed by atoms with Gasteiger partial charge in [-0.05, 0) is 37.0 Å². The lowest BCUT2D eigenvalue weighted by Crippen LogP contribution is -2.28. The minimum atomic E-state index is 0.0933. The molecule has 1 aliphatic heterocycles. The summed E-state index contributed by atoms with van der Waals surface area (Å²) < 4.78 is 1.05. The number of carbonyl (C=O) groups is 1. The standard InChI is InChI=1S/C14H16N2O2S/c17-6-4-10-3-5-16(8-10)14(18)11-1-2-12-13(7-11)19-9-15-12/h1-2,7,9-10,17H,3-6,8H2. The fourth-order valence-corrected chi connectivity index (χ4v) is 3.32. The predicted octanol–water partition coefficient (Wildman–Crippen LogP) is 2.14. The maximum atomic E-state index is 12.4. The number of hydrogen-bond donors (Lipinski definition) is 1. The Morgan fingerprint density at radius 2 is 2.42 bits per heavy atom. The number of likely N-dealkylation sites (tertiary alicyclic amines) is 1. The van der Waals surface area contributed by atoms with Crippen LogP contribution in [0.15, 0.2) is 23.7 Å². The van der Waals surface area contributed by atoms with Crippen LogP contribution in [0.3, 0.4) is 0 Å². The number of nitrogens with zero attached hydrogens (tertiary/aromatic N) is 2. The molecule has 0 saturated carbocycles. The van der Waals surface area contributed by atoms with Crippen LogP contribution in [0.2, 0.25) is 0 Å². The van der Waals surface area contributed by atoms with Crippen LogP contribution in [0.4, 0.5) is 0 Å². The Bertz CT molecular complexity index is 596. The topological polar surface area (TPSA) is 53.4 Å². The molecule has 2 aromatic rings. The zero-order chi connectivity index (χ0) is 13.2. The molecule has 1 amide bonds. The minimum Gasteiger partial charge on any atom is -0.396 e. The van der Waals surface area contributed by atoms with Crippen molar-refractivity contribution in [3.63, 3.8) is 0 Å². The number of amides is 1. The molecule has 1 atom stereocenters. The van der Waals surface area contributed by atoms with Crippen molar-refractivity contribution in [2.45, 2.75) is 12.8 Å². The minimum absolute atomic E-state index is 0.0933. The van der Waals surface area contributed by atoms with Gasteiger partial charge < -0.3 is 10.0 Å². The van der Waals surface area contributed by atoms with E-state index in [2.05, 4.69) is 4.98 Å². The molecule has 1 fully saturated rings. The van der Waals surface area contributed by atoms with Gasteiger partial charge in [0.05, 0.1) is 15.7 Å². The molecule has 1 aromatic heterocycles. The third kappa shape index (κ3) is 2.48. The van der Waals surface area contributed by atoms with Gasteiger partial charge in [-0.3, -0.25) is 4.79 Å². The lowest BCUT2D eigenvalue weighted by atomic mass is 10.1. The smallest absolute Gasteiger partial charge is 0.253 e. The Labute approximate surface area is 115 Å². The van der Waals surface area contributed by atoms with Gasteiger partial charge in [-0.15, -0.1) is 11.3 Å². The van der Waals surface area contributed by atoms with Crippen molar-refractivity contribution in [1.82, 2.24) is 9.88 Å². The van der Waals surface area contributed by atoms with Gasteiger partial charge in [-0.2, -0.15) is 0 Å². The van der Waals surface area contributed by atoms with Crippen LogP contribution >= 0.6 is 11.3 Å². The molecule has 5 heteroatoms. The van der Waals surface area contributed by atoms with Gasteiger partial charge in [0, 0.05) is 25.3 Å². The maximum Gasteiger partial charge on any atom is 0.253 e. The van der Waals surface area contributed by atoms with E-state index in [1.807, 2.05) is 23.1 Å². The third-order valence-corrected chi connectivity index (χ3v) is 4.48. The highest BCUT2D eigenvalue weighted by Gasteiger charge is 2.26. The molecule has 1 aromatic carbocycles. The first-order chi connectivity index (χ1) is 9.28. The monoisotopic (exact) mass is 276 g/mol. The Morgan fingerprint density at radius 1 is 1.53 bits per heavy atom. The molecule has 0 bridgehead atoms. The highest BCUT2D eigenvalue weighted by atomic mass is 32.1. The summed E-state index contributed by atoms with van der Waals surface area (Å²) in [7, 11) is 0. The highest BCUT2D eigenvalue weighted by Crippen LogP contribution is 2.24. The number of aliphatic hydroxyl groups is 1. The van der Waals surface area contributed by atoms with Crippen molar-refractivity contribution < 1.29 is 9.90 Å². The van der Waals surface area contributed by atoms with Crippen molar-refractivity contribution in [2.75, 3.05) is 19.7 Å². The van der Waals surface area contributed by atoms with Gasteiger partial charge >= 0.3 is 0 Å². The molecule has 0 radical (unpaired) electrons. The second-order valence-electron chi connectivity index (χ2n) is 4.95. The molecule has 1 saturated heterocycles. The number of fused-ring (bicyclic) bond motifs is 1. The molecule has 3 rings (SSSR count). The molecule has 2 heterocycles. The van der Waals surface area contributed by atoms with E-state index in [1.165, 1.54) is 0 Å². The van der Waals surface area contributed by atoms with E-state index in [0.717, 1.165) is 41.7 Å². The maximum absolute atomic E-state index is 12.4. The first-order valence-corrected chi connectivity index (χ1v) is 7.39. The van der Waals surface area contributed by atoms with E-state index in [9.17, 15) is 4.79 Å². The van der Waals surface area contributed by atoms with E-state index in [1.54, 1.807) is 16.8 Å². The molecule has 100 valence electrons. The summed E-state index contributed by atoms with van der Waals surface area (Å²) in [5.41, 5.74) is 3.48. The first-order valence-electron chi connectivity index (χ1n) is 6.51. The van der Waals surface area contributed by atoms with Gasteiger partial charge in [-0.25, -0.2) is 4.98 Å². The zero-order valence-electron chi connectivity index (χ0n) is 10.6. The van der Waals surface area contributed by atoms with Crippen LogP contribution in [0.1, 0.15) is 23.2 Å². The van der Waals surface area contributed by atoms with E-state index in [4.69, 9.17) is 5.11 Å². The number of benzene rings is 1. The van der Waals surface area contributed by atoms with Crippen LogP contribution in [0.5, 0.6) is 0 Å². The molecule has 19 heavy (non-hydrogen) atoms. The van der Waals surface area contributed by atoms with Crippen LogP contribution in [0, 0.1) is 5.92 Å². The average Bonchev–Trinajstić information content (AvgIpc) is 3.05. The number of aromatic nitrogens is 1. The molecule has 1 unspecified atom stereocenters. The van der Waals surface area contributed by atoms with Gasteiger partial charge in [-0.1, -0.05) is 0 Å². The normalized spacial score (nSPS) is 19.2. The molecule has 1 N–H and O–H groups in total. The summed E-state index contributed by atoms with van der Waals surface area (Å²) >= 11 is 1.56. The van der Waals surface area contributed by atoms with Crippen molar-refractivity contribution in [3.05, 3.63) is 29.3 Å². The Morgan fingerprint density at radius 3 is 3.26 bits per heavy atom. The lowest BCUT2D eigenvalue weighted by Gasteiger charge is -2.16. The van der Waals surface area contributed by atoms with Gasteiger partial charge in [0.25, 0.3) is 5.91 Å². The summed E-state index contributed by atoms with van der Waals surface area (Å²) in [6.07, 6.45) is 1.78. The summed E-state index contributed by atoms with van der Waals surface area (Å²) in [4.78, 5) is 18.5. The van der Waals surface area contributed by atoms with E-state index < -0.39 is 0 Å². The summed E-state index contributed by atoms with van der Waals surface area (Å²) in [5, 5.41) is 8.95. The highest BCUT2D eigenvalue weighted by molar-refractivity contribution is 7.16. The zero-order valence-corrected chi connectivity index (χ0v) is 11.4. The van der Waals surface area contributed by atoms with Gasteiger partial charge in [0.1, 0.15) is 0 Å². The third-order valence-electron chi connectivity index (χ3n) is 3.69. The van der Waals surface area contributed by atoms with Crippen molar-refractivity contribution in [2.24, 2.45) is 5.92 Å². The molecule has 1 aliphatic rings. The molecular formula is C14H16N2O2S. The average molecular weight is 276 g/mol. The van der Waals surface area contributed by atoms with Crippen molar-refractivity contribution in [1.29, 1.82) is 0 Å².